The number of nitrogens with zero attached hydrogens (tertiary/aromatic N) is 1. The third-order valence-electron chi connectivity index (χ3n) is 2.37. The van der Waals surface area contributed by atoms with Crippen molar-refractivity contribution in [2.75, 3.05) is 0 Å². The Bertz CT molecular complexity index is 684. The van der Waals surface area contributed by atoms with Crippen LogP contribution in [0.15, 0.2) is 22.7 Å². The molecule has 19 heavy (non-hydrogen) atoms. The van der Waals surface area contributed by atoms with Gasteiger partial charge in [-0.1, -0.05) is 0 Å². The molecular weight excluding hydrogens is 334 g/mol. The molecule has 0 aliphatic carbocycles. The van der Waals surface area contributed by atoms with E-state index in [0.29, 0.717) is 0 Å². The van der Waals surface area contributed by atoms with Gasteiger partial charge < -0.3 is 5.11 Å². The van der Waals surface area contributed by atoms with Gasteiger partial charge in [0.1, 0.15) is 11.4 Å². The predicted octanol–water partition coefficient (Wildman–Crippen LogP) is 3.85. The summed E-state index contributed by atoms with van der Waals surface area (Å²) in [5.41, 5.74) is -2.71. The van der Waals surface area contributed by atoms with Crippen LogP contribution in [0.2, 0.25) is 0 Å². The lowest BCUT2D eigenvalue weighted by atomic mass is 10.1. The Morgan fingerprint density at radius 3 is 2.47 bits per heavy atom. The highest BCUT2D eigenvalue weighted by Crippen LogP contribution is 2.37. The fourth-order valence-corrected chi connectivity index (χ4v) is 2.27. The number of benzene rings is 1. The number of pyridine rings is 1. The Kier molecular flexibility index (Phi) is 3.21. The number of hydrogen-bond acceptors (Lipinski definition) is 2. The van der Waals surface area contributed by atoms with Gasteiger partial charge in [0.05, 0.1) is 5.52 Å². The van der Waals surface area contributed by atoms with E-state index in [-0.39, 0.29) is 15.4 Å². The van der Waals surface area contributed by atoms with Crippen molar-refractivity contribution in [2.45, 2.75) is 6.18 Å². The molecule has 0 radical (unpaired) electrons. The molecule has 0 saturated carbocycles. The summed E-state index contributed by atoms with van der Waals surface area (Å²) < 4.78 is 51.0. The summed E-state index contributed by atoms with van der Waals surface area (Å²) in [6, 6.07) is 2.91. The van der Waals surface area contributed by atoms with Gasteiger partial charge in [-0.3, -0.25) is 0 Å². The molecule has 8 heteroatoms. The first kappa shape index (κ1) is 13.7. The van der Waals surface area contributed by atoms with Gasteiger partial charge in [-0.05, 0) is 34.1 Å². The van der Waals surface area contributed by atoms with Crippen molar-refractivity contribution in [3.8, 4) is 0 Å². The summed E-state index contributed by atoms with van der Waals surface area (Å²) in [7, 11) is 0. The highest BCUT2D eigenvalue weighted by atomic mass is 79.9. The van der Waals surface area contributed by atoms with E-state index < -0.39 is 29.2 Å². The smallest absolute Gasteiger partial charge is 0.434 e. The van der Waals surface area contributed by atoms with E-state index in [1.54, 1.807) is 0 Å². The summed E-state index contributed by atoms with van der Waals surface area (Å²) in [4.78, 5) is 14.2. The minimum Gasteiger partial charge on any atom is -0.478 e. The molecule has 0 atom stereocenters. The Hall–Kier alpha value is -1.70. The third-order valence-corrected chi connectivity index (χ3v) is 3.19. The molecule has 0 amide bonds. The normalized spacial score (nSPS) is 11.8. The number of aromatic nitrogens is 1. The fourth-order valence-electron chi connectivity index (χ4n) is 1.60. The molecule has 2 aromatic rings. The zero-order valence-electron chi connectivity index (χ0n) is 8.92. The lowest BCUT2D eigenvalue weighted by Crippen LogP contribution is -2.16. The van der Waals surface area contributed by atoms with Gasteiger partial charge in [-0.2, -0.15) is 13.2 Å². The van der Waals surface area contributed by atoms with Crippen LogP contribution in [0.1, 0.15) is 16.1 Å². The second kappa shape index (κ2) is 4.44. The van der Waals surface area contributed by atoms with Crippen molar-refractivity contribution in [1.82, 2.24) is 4.98 Å². The number of carboxylic acids is 1. The maximum Gasteiger partial charge on any atom is 0.434 e. The second-order valence-corrected chi connectivity index (χ2v) is 4.41. The van der Waals surface area contributed by atoms with Crippen LogP contribution in [0.5, 0.6) is 0 Å². The lowest BCUT2D eigenvalue weighted by Gasteiger charge is -2.13. The quantitative estimate of drug-likeness (QED) is 0.804. The highest BCUT2D eigenvalue weighted by Gasteiger charge is 2.39. The number of carbonyl (C=O) groups is 1. The number of alkyl halides is 3. The molecule has 100 valence electrons. The summed E-state index contributed by atoms with van der Waals surface area (Å²) in [6.07, 6.45) is -4.92. The zero-order valence-corrected chi connectivity index (χ0v) is 10.5. The summed E-state index contributed by atoms with van der Waals surface area (Å²) in [5.74, 6) is -2.50. The first-order valence-corrected chi connectivity index (χ1v) is 5.60. The van der Waals surface area contributed by atoms with Crippen LogP contribution < -0.4 is 0 Å². The van der Waals surface area contributed by atoms with Crippen LogP contribution in [0.4, 0.5) is 17.6 Å². The average molecular weight is 338 g/mol. The van der Waals surface area contributed by atoms with Crippen molar-refractivity contribution < 1.29 is 27.5 Å². The molecule has 1 aromatic heterocycles. The molecule has 1 aromatic carbocycles. The number of fused-ring (bicyclic) bond motifs is 1. The molecule has 1 heterocycles. The number of halogens is 5. The van der Waals surface area contributed by atoms with E-state index >= 15 is 0 Å². The van der Waals surface area contributed by atoms with Gasteiger partial charge in [0.15, 0.2) is 5.69 Å². The molecule has 2 rings (SSSR count). The molecule has 0 aliphatic heterocycles. The van der Waals surface area contributed by atoms with Crippen molar-refractivity contribution in [1.29, 1.82) is 0 Å². The van der Waals surface area contributed by atoms with Gasteiger partial charge in [0, 0.05) is 9.86 Å². The second-order valence-electron chi connectivity index (χ2n) is 3.61. The van der Waals surface area contributed by atoms with Crippen LogP contribution in [0.25, 0.3) is 10.9 Å². The number of hydrogen-bond donors (Lipinski definition) is 1. The van der Waals surface area contributed by atoms with Gasteiger partial charge in [-0.15, -0.1) is 0 Å². The summed E-state index contributed by atoms with van der Waals surface area (Å²) in [6.45, 7) is 0. The fraction of sp³-hybridized carbons (Fsp3) is 0.0909. The molecule has 0 bridgehead atoms. The summed E-state index contributed by atoms with van der Waals surface area (Å²) >= 11 is 2.77. The Morgan fingerprint density at radius 1 is 1.32 bits per heavy atom. The van der Waals surface area contributed by atoms with Crippen LogP contribution in [-0.4, -0.2) is 16.1 Å². The molecule has 0 saturated heterocycles. The average Bonchev–Trinajstić information content (AvgIpc) is 2.27. The SMILES string of the molecule is O=C(O)c1c(C(F)(F)F)nc2ccc(F)cc2c1Br. The van der Waals surface area contributed by atoms with Crippen LogP contribution in [0.3, 0.4) is 0 Å². The molecule has 3 nitrogen and oxygen atoms in total. The minimum atomic E-state index is -4.92. The van der Waals surface area contributed by atoms with E-state index in [4.69, 9.17) is 5.11 Å². The maximum absolute atomic E-state index is 13.1. The Balaban J connectivity index is 2.94. The van der Waals surface area contributed by atoms with E-state index in [9.17, 15) is 22.4 Å². The van der Waals surface area contributed by atoms with Crippen molar-refractivity contribution >= 4 is 32.8 Å². The molecule has 0 fully saturated rings. The molecular formula is C11H4BrF4NO2. The monoisotopic (exact) mass is 337 g/mol. The van der Waals surface area contributed by atoms with Crippen LogP contribution in [-0.2, 0) is 6.18 Å². The van der Waals surface area contributed by atoms with Gasteiger partial charge in [-0.25, -0.2) is 14.2 Å². The van der Waals surface area contributed by atoms with Crippen molar-refractivity contribution in [2.24, 2.45) is 0 Å². The summed E-state index contributed by atoms with van der Waals surface area (Å²) in [5, 5.41) is 8.84. The zero-order chi connectivity index (χ0) is 14.4. The molecule has 0 spiro atoms. The molecule has 0 unspecified atom stereocenters. The van der Waals surface area contributed by atoms with Crippen molar-refractivity contribution in [3.63, 3.8) is 0 Å². The third kappa shape index (κ3) is 2.40. The number of rotatable bonds is 1. The number of aromatic carboxylic acids is 1. The Labute approximate surface area is 112 Å². The molecule has 1 N–H and O–H groups in total. The van der Waals surface area contributed by atoms with Crippen LogP contribution >= 0.6 is 15.9 Å². The first-order chi connectivity index (χ1) is 8.71. The van der Waals surface area contributed by atoms with Gasteiger partial charge >= 0.3 is 12.1 Å². The lowest BCUT2D eigenvalue weighted by molar-refractivity contribution is -0.141. The van der Waals surface area contributed by atoms with Gasteiger partial charge in [0.25, 0.3) is 0 Å². The van der Waals surface area contributed by atoms with Gasteiger partial charge in [0.2, 0.25) is 0 Å². The largest absolute Gasteiger partial charge is 0.478 e. The predicted molar refractivity (Wildman–Crippen MR) is 61.4 cm³/mol. The number of carboxylic acid groups (broad SMARTS) is 1. The van der Waals surface area contributed by atoms with Crippen molar-refractivity contribution in [3.05, 3.63) is 39.7 Å². The van der Waals surface area contributed by atoms with Crippen LogP contribution in [0, 0.1) is 5.82 Å². The minimum absolute atomic E-state index is 0.0367. The van der Waals surface area contributed by atoms with E-state index in [2.05, 4.69) is 20.9 Å². The van der Waals surface area contributed by atoms with E-state index in [0.717, 1.165) is 18.2 Å². The highest BCUT2D eigenvalue weighted by molar-refractivity contribution is 9.10. The maximum atomic E-state index is 13.1. The Morgan fingerprint density at radius 2 is 1.95 bits per heavy atom. The van der Waals surface area contributed by atoms with E-state index in [1.165, 1.54) is 0 Å². The standard InChI is InChI=1S/C11H4BrF4NO2/c12-8-5-3-4(13)1-2-6(5)17-9(11(14,15)16)7(8)10(18)19/h1-3H,(H,18,19). The van der Waals surface area contributed by atoms with E-state index in [1.807, 2.05) is 0 Å². The topological polar surface area (TPSA) is 50.2 Å². The molecule has 0 aliphatic rings. The first-order valence-electron chi connectivity index (χ1n) is 4.81.